The van der Waals surface area contributed by atoms with E-state index < -0.39 is 23.7 Å². The van der Waals surface area contributed by atoms with Crippen LogP contribution in [0.3, 0.4) is 0 Å². The quantitative estimate of drug-likeness (QED) is 0.542. The molecule has 122 valence electrons. The summed E-state index contributed by atoms with van der Waals surface area (Å²) in [6.45, 7) is 1.72. The Balaban J connectivity index is 1.82. The minimum absolute atomic E-state index is 0.165. The van der Waals surface area contributed by atoms with Gasteiger partial charge in [0.15, 0.2) is 11.5 Å². The zero-order valence-corrected chi connectivity index (χ0v) is 12.8. The van der Waals surface area contributed by atoms with E-state index in [2.05, 4.69) is 20.3 Å². The van der Waals surface area contributed by atoms with Gasteiger partial charge in [-0.15, -0.1) is 0 Å². The van der Waals surface area contributed by atoms with E-state index >= 15 is 0 Å². The molecule has 2 aliphatic carbocycles. The zero-order valence-electron chi connectivity index (χ0n) is 12.8. The number of amides is 1. The van der Waals surface area contributed by atoms with Gasteiger partial charge < -0.3 is 25.8 Å². The number of nitrogens with zero attached hydrogens (tertiary/aromatic N) is 4. The van der Waals surface area contributed by atoms with Crippen LogP contribution in [-0.2, 0) is 4.79 Å². The second-order valence-corrected chi connectivity index (χ2v) is 6.34. The van der Waals surface area contributed by atoms with Gasteiger partial charge in [-0.2, -0.15) is 0 Å². The summed E-state index contributed by atoms with van der Waals surface area (Å²) in [6, 6.07) is -0.471. The van der Waals surface area contributed by atoms with Crippen LogP contribution in [-0.4, -0.2) is 54.9 Å². The Morgan fingerprint density at radius 3 is 2.91 bits per heavy atom. The molecule has 0 spiro atoms. The lowest BCUT2D eigenvalue weighted by atomic mass is 9.98. The Hall–Kier alpha value is -2.26. The van der Waals surface area contributed by atoms with Crippen molar-refractivity contribution in [2.75, 3.05) is 12.8 Å². The van der Waals surface area contributed by atoms with Crippen LogP contribution in [0.15, 0.2) is 6.33 Å². The van der Waals surface area contributed by atoms with E-state index in [1.54, 1.807) is 11.5 Å². The van der Waals surface area contributed by atoms with Crippen molar-refractivity contribution in [3.63, 3.8) is 0 Å². The number of nitrogens with two attached hydrogens (primary N) is 1. The fourth-order valence-electron chi connectivity index (χ4n) is 4.06. The number of aryl methyl sites for hydroxylation is 1. The molecule has 1 unspecified atom stereocenters. The monoisotopic (exact) mass is 318 g/mol. The van der Waals surface area contributed by atoms with Crippen molar-refractivity contribution in [3.05, 3.63) is 12.2 Å². The number of anilines is 1. The van der Waals surface area contributed by atoms with Crippen molar-refractivity contribution in [1.82, 2.24) is 24.8 Å². The van der Waals surface area contributed by atoms with Crippen LogP contribution in [0.25, 0.3) is 11.2 Å². The number of nitrogens with one attached hydrogen (secondary N) is 1. The molecule has 2 saturated carbocycles. The first-order valence-corrected chi connectivity index (χ1v) is 7.46. The number of nitrogen functional groups attached to an aromatic ring is 1. The van der Waals surface area contributed by atoms with Gasteiger partial charge >= 0.3 is 0 Å². The summed E-state index contributed by atoms with van der Waals surface area (Å²) in [7, 11) is 1.53. The lowest BCUT2D eigenvalue weighted by Crippen LogP contribution is -2.41. The third-order valence-corrected chi connectivity index (χ3v) is 5.20. The first-order chi connectivity index (χ1) is 10.9. The fourth-order valence-corrected chi connectivity index (χ4v) is 4.06. The van der Waals surface area contributed by atoms with E-state index in [-0.39, 0.29) is 17.6 Å². The molecule has 2 aromatic heterocycles. The van der Waals surface area contributed by atoms with Crippen LogP contribution in [0.5, 0.6) is 0 Å². The molecule has 0 aromatic carbocycles. The number of aromatic nitrogens is 4. The van der Waals surface area contributed by atoms with Gasteiger partial charge in [0.1, 0.15) is 17.4 Å². The molecule has 0 radical (unpaired) electrons. The number of carbonyl (C=O) groups excluding carboxylic acids is 1. The SMILES string of the molecule is CNC(=O)[C@]12C[C@@H]1[C@@H](n1cnc3c(N)nc(C)nc31)[C@@H](O)C2O. The van der Waals surface area contributed by atoms with Crippen LogP contribution < -0.4 is 11.1 Å². The average Bonchev–Trinajstić information content (AvgIpc) is 3.05. The predicted octanol–water partition coefficient (Wildman–Crippen LogP) is -1.25. The summed E-state index contributed by atoms with van der Waals surface area (Å²) >= 11 is 0. The minimum atomic E-state index is -1.12. The smallest absolute Gasteiger partial charge is 0.229 e. The van der Waals surface area contributed by atoms with Crippen molar-refractivity contribution in [1.29, 1.82) is 0 Å². The molecule has 0 saturated heterocycles. The summed E-state index contributed by atoms with van der Waals surface area (Å²) in [4.78, 5) is 24.8. The molecule has 4 rings (SSSR count). The Morgan fingerprint density at radius 1 is 1.48 bits per heavy atom. The summed E-state index contributed by atoms with van der Waals surface area (Å²) in [6.07, 6.45) is -0.127. The third kappa shape index (κ3) is 1.63. The molecular formula is C14H18N6O3. The number of aliphatic hydroxyl groups is 2. The van der Waals surface area contributed by atoms with E-state index in [1.165, 1.54) is 13.4 Å². The highest BCUT2D eigenvalue weighted by Gasteiger charge is 2.75. The standard InChI is InChI=1S/C14H18N6O3/c1-5-18-11(15)7-12(19-5)20(4-17-7)8-6-3-14(6,13(23)16-2)10(22)9(8)21/h4,6,8-10,21-22H,3H2,1-2H3,(H,16,23)(H2,15,18,19)/t6-,8-,9-,10?,14-/m1/s1. The van der Waals surface area contributed by atoms with Crippen LogP contribution in [0.4, 0.5) is 5.82 Å². The number of imidazole rings is 1. The lowest BCUT2D eigenvalue weighted by Gasteiger charge is -2.23. The van der Waals surface area contributed by atoms with Gasteiger partial charge in [0.05, 0.1) is 23.9 Å². The molecule has 1 amide bonds. The molecule has 5 atom stereocenters. The van der Waals surface area contributed by atoms with Crippen LogP contribution in [0.2, 0.25) is 0 Å². The summed E-state index contributed by atoms with van der Waals surface area (Å²) < 4.78 is 1.70. The molecule has 2 aromatic rings. The topological polar surface area (TPSA) is 139 Å². The summed E-state index contributed by atoms with van der Waals surface area (Å²) in [5.41, 5.74) is 5.90. The Morgan fingerprint density at radius 2 is 2.22 bits per heavy atom. The molecule has 0 aliphatic heterocycles. The van der Waals surface area contributed by atoms with E-state index in [1.807, 2.05) is 0 Å². The number of aliphatic hydroxyl groups excluding tert-OH is 2. The van der Waals surface area contributed by atoms with Crippen molar-refractivity contribution >= 4 is 22.9 Å². The van der Waals surface area contributed by atoms with E-state index in [0.29, 0.717) is 23.4 Å². The number of hydrogen-bond donors (Lipinski definition) is 4. The maximum Gasteiger partial charge on any atom is 0.229 e. The first kappa shape index (κ1) is 14.3. The van der Waals surface area contributed by atoms with Gasteiger partial charge in [-0.25, -0.2) is 15.0 Å². The van der Waals surface area contributed by atoms with E-state index in [0.717, 1.165) is 0 Å². The van der Waals surface area contributed by atoms with E-state index in [9.17, 15) is 15.0 Å². The molecule has 23 heavy (non-hydrogen) atoms. The minimum Gasteiger partial charge on any atom is -0.389 e. The fraction of sp³-hybridized carbons (Fsp3) is 0.571. The maximum atomic E-state index is 12.2. The van der Waals surface area contributed by atoms with Crippen molar-refractivity contribution in [2.45, 2.75) is 31.6 Å². The van der Waals surface area contributed by atoms with Gasteiger partial charge in [-0.3, -0.25) is 4.79 Å². The highest BCUT2D eigenvalue weighted by Crippen LogP contribution is 2.67. The number of hydrogen-bond acceptors (Lipinski definition) is 7. The molecule has 5 N–H and O–H groups in total. The maximum absolute atomic E-state index is 12.2. The molecule has 9 nitrogen and oxygen atoms in total. The summed E-state index contributed by atoms with van der Waals surface area (Å²) in [5.74, 6) is 0.360. The average molecular weight is 318 g/mol. The normalized spacial score (nSPS) is 35.3. The van der Waals surface area contributed by atoms with Crippen molar-refractivity contribution in [2.24, 2.45) is 11.3 Å². The molecule has 2 fully saturated rings. The largest absolute Gasteiger partial charge is 0.389 e. The molecular weight excluding hydrogens is 300 g/mol. The van der Waals surface area contributed by atoms with E-state index in [4.69, 9.17) is 5.73 Å². The zero-order chi connectivity index (χ0) is 16.5. The van der Waals surface area contributed by atoms with Gasteiger partial charge in [0.2, 0.25) is 5.91 Å². The van der Waals surface area contributed by atoms with Gasteiger partial charge in [-0.05, 0) is 13.3 Å². The number of carbonyl (C=O) groups is 1. The Kier molecular flexibility index (Phi) is 2.74. The van der Waals surface area contributed by atoms with Crippen molar-refractivity contribution < 1.29 is 15.0 Å². The lowest BCUT2D eigenvalue weighted by molar-refractivity contribution is -0.132. The van der Waals surface area contributed by atoms with Crippen LogP contribution in [0.1, 0.15) is 18.3 Å². The third-order valence-electron chi connectivity index (χ3n) is 5.20. The van der Waals surface area contributed by atoms with Crippen LogP contribution >= 0.6 is 0 Å². The van der Waals surface area contributed by atoms with Crippen LogP contribution in [0, 0.1) is 18.3 Å². The first-order valence-electron chi connectivity index (χ1n) is 7.46. The second kappa shape index (κ2) is 4.39. The highest BCUT2D eigenvalue weighted by molar-refractivity contribution is 5.88. The molecule has 2 heterocycles. The number of fused-ring (bicyclic) bond motifs is 2. The molecule has 0 bridgehead atoms. The Bertz CT molecular complexity index is 820. The summed E-state index contributed by atoms with van der Waals surface area (Å²) in [5, 5.41) is 23.5. The number of rotatable bonds is 2. The van der Waals surface area contributed by atoms with Gasteiger partial charge in [-0.1, -0.05) is 0 Å². The molecule has 9 heteroatoms. The van der Waals surface area contributed by atoms with Crippen molar-refractivity contribution in [3.8, 4) is 0 Å². The van der Waals surface area contributed by atoms with Gasteiger partial charge in [0, 0.05) is 13.0 Å². The van der Waals surface area contributed by atoms with Gasteiger partial charge in [0.25, 0.3) is 0 Å². The highest BCUT2D eigenvalue weighted by atomic mass is 16.3. The predicted molar refractivity (Wildman–Crippen MR) is 80.1 cm³/mol. The Labute approximate surface area is 131 Å². The molecule has 2 aliphatic rings. The second-order valence-electron chi connectivity index (χ2n) is 6.34.